The lowest BCUT2D eigenvalue weighted by atomic mass is 10.1. The van der Waals surface area contributed by atoms with Crippen molar-refractivity contribution in [3.05, 3.63) is 101 Å². The number of amidine groups is 1. The first-order chi connectivity index (χ1) is 20.0. The summed E-state index contributed by atoms with van der Waals surface area (Å²) in [6, 6.07) is 22.3. The van der Waals surface area contributed by atoms with E-state index in [9.17, 15) is 23.1 Å². The van der Waals surface area contributed by atoms with Gasteiger partial charge in [-0.2, -0.15) is 4.31 Å². The number of aliphatic carboxylic acids is 1. The van der Waals surface area contributed by atoms with E-state index in [1.54, 1.807) is 42.5 Å². The topological polar surface area (TPSA) is 122 Å². The first kappa shape index (κ1) is 29.7. The van der Waals surface area contributed by atoms with Crippen LogP contribution in [0.3, 0.4) is 0 Å². The molecule has 1 saturated heterocycles. The molecule has 2 N–H and O–H groups in total. The molecule has 218 valence electrons. The number of likely N-dealkylation sites (N-methyl/N-ethyl adjacent to an activating group) is 1. The molecule has 5 rings (SSSR count). The van der Waals surface area contributed by atoms with E-state index in [1.807, 2.05) is 42.3 Å². The van der Waals surface area contributed by atoms with Crippen LogP contribution >= 0.6 is 22.9 Å². The van der Waals surface area contributed by atoms with Gasteiger partial charge >= 0.3 is 5.97 Å². The molecular formula is C30H29ClN4O5S2. The third-order valence-corrected chi connectivity index (χ3v) is 10.9. The molecule has 1 amide bonds. The fourth-order valence-corrected chi connectivity index (χ4v) is 8.06. The smallest absolute Gasteiger partial charge is 0.327 e. The fraction of sp³-hybridized carbons (Fsp3) is 0.233. The zero-order valence-corrected chi connectivity index (χ0v) is 25.1. The van der Waals surface area contributed by atoms with Crippen LogP contribution in [0.4, 0.5) is 0 Å². The number of carboxylic acid groups (broad SMARTS) is 1. The molecule has 0 radical (unpaired) electrons. The molecule has 0 aliphatic carbocycles. The van der Waals surface area contributed by atoms with Gasteiger partial charge in [0, 0.05) is 42.0 Å². The van der Waals surface area contributed by atoms with Crippen molar-refractivity contribution in [3.8, 4) is 0 Å². The summed E-state index contributed by atoms with van der Waals surface area (Å²) in [5, 5.41) is 19.7. The lowest BCUT2D eigenvalue weighted by molar-refractivity contribution is -0.154. The first-order valence-electron chi connectivity index (χ1n) is 13.2. The van der Waals surface area contributed by atoms with E-state index in [4.69, 9.17) is 17.0 Å². The van der Waals surface area contributed by atoms with Crippen molar-refractivity contribution < 1.29 is 23.1 Å². The Hall–Kier alpha value is -3.77. The van der Waals surface area contributed by atoms with E-state index in [0.29, 0.717) is 38.6 Å². The lowest BCUT2D eigenvalue weighted by Gasteiger charge is -2.38. The molecule has 3 aromatic carbocycles. The first-order valence-corrected chi connectivity index (χ1v) is 15.8. The quantitative estimate of drug-likeness (QED) is 0.208. The zero-order valence-electron chi connectivity index (χ0n) is 22.7. The molecule has 0 unspecified atom stereocenters. The second-order valence-corrected chi connectivity index (χ2v) is 13.8. The summed E-state index contributed by atoms with van der Waals surface area (Å²) in [4.78, 5) is 28.4. The summed E-state index contributed by atoms with van der Waals surface area (Å²) in [6.07, 6.45) is 0.801. The monoisotopic (exact) mass is 624 g/mol. The number of thiophene rings is 1. The normalized spacial score (nSPS) is 16.1. The SMILES string of the molecule is CN(CCc1ccccc1)C(=N)c1ccc(CN2C(=O)CN(S(=O)(=O)c3cc4ccc(Cl)cc4s3)C[C@@H]2C(=O)O)cc1. The molecule has 4 aromatic rings. The number of amides is 1. The van der Waals surface area contributed by atoms with Crippen LogP contribution in [0.25, 0.3) is 10.1 Å². The Morgan fingerprint density at radius 1 is 1.07 bits per heavy atom. The fourth-order valence-electron chi connectivity index (χ4n) is 4.84. The van der Waals surface area contributed by atoms with E-state index in [-0.39, 0.29) is 17.3 Å². The summed E-state index contributed by atoms with van der Waals surface area (Å²) >= 11 is 7.06. The van der Waals surface area contributed by atoms with Gasteiger partial charge in [-0.1, -0.05) is 72.3 Å². The van der Waals surface area contributed by atoms with Crippen LogP contribution in [0.2, 0.25) is 5.02 Å². The Morgan fingerprint density at radius 3 is 2.48 bits per heavy atom. The van der Waals surface area contributed by atoms with Gasteiger partial charge in [-0.15, -0.1) is 11.3 Å². The number of carbonyl (C=O) groups excluding carboxylic acids is 1. The summed E-state index contributed by atoms with van der Waals surface area (Å²) in [5.41, 5.74) is 2.55. The average Bonchev–Trinajstić information content (AvgIpc) is 3.41. The van der Waals surface area contributed by atoms with Gasteiger partial charge in [0.1, 0.15) is 16.1 Å². The Balaban J connectivity index is 1.26. The summed E-state index contributed by atoms with van der Waals surface area (Å²) in [6.45, 7) is -0.159. The van der Waals surface area contributed by atoms with E-state index < -0.39 is 34.5 Å². The number of rotatable bonds is 9. The van der Waals surface area contributed by atoms with Gasteiger partial charge in [-0.05, 0) is 41.1 Å². The molecule has 0 bridgehead atoms. The minimum absolute atomic E-state index is 0.00251. The van der Waals surface area contributed by atoms with Crippen molar-refractivity contribution in [2.24, 2.45) is 0 Å². The molecule has 1 aliphatic heterocycles. The third-order valence-electron chi connectivity index (χ3n) is 7.26. The highest BCUT2D eigenvalue weighted by molar-refractivity contribution is 7.91. The Kier molecular flexibility index (Phi) is 8.65. The number of piperazine rings is 1. The maximum atomic E-state index is 13.4. The number of hydrogen-bond acceptors (Lipinski definition) is 6. The number of nitrogens with zero attached hydrogens (tertiary/aromatic N) is 3. The maximum Gasteiger partial charge on any atom is 0.327 e. The highest BCUT2D eigenvalue weighted by Crippen LogP contribution is 2.33. The van der Waals surface area contributed by atoms with E-state index in [2.05, 4.69) is 0 Å². The van der Waals surface area contributed by atoms with Crippen LogP contribution in [0.5, 0.6) is 0 Å². The van der Waals surface area contributed by atoms with Crippen LogP contribution < -0.4 is 0 Å². The molecule has 1 aliphatic rings. The van der Waals surface area contributed by atoms with Crippen molar-refractivity contribution in [1.29, 1.82) is 5.41 Å². The standard InChI is InChI=1S/C30H29ClN4O5S2/c1-33(14-13-20-5-3-2-4-6-20)29(32)22-9-7-21(8-10-22)17-35-25(30(37)38)18-34(19-27(35)36)42(39,40)28-15-23-11-12-24(31)16-26(23)41-28/h2-12,15-16,25,32H,13-14,17-19H2,1H3,(H,37,38)/t25-/m1/s1. The molecule has 12 heteroatoms. The number of hydrogen-bond donors (Lipinski definition) is 2. The van der Waals surface area contributed by atoms with Crippen LogP contribution in [0.15, 0.2) is 83.1 Å². The molecule has 0 spiro atoms. The number of carbonyl (C=O) groups is 2. The molecule has 1 atom stereocenters. The van der Waals surface area contributed by atoms with E-state index in [0.717, 1.165) is 22.1 Å². The van der Waals surface area contributed by atoms with Gasteiger partial charge in [0.25, 0.3) is 10.0 Å². The number of fused-ring (bicyclic) bond motifs is 1. The van der Waals surface area contributed by atoms with Crippen molar-refractivity contribution in [1.82, 2.24) is 14.1 Å². The Labute approximate surface area is 253 Å². The van der Waals surface area contributed by atoms with Crippen LogP contribution in [-0.2, 0) is 32.6 Å². The molecule has 1 aromatic heterocycles. The van der Waals surface area contributed by atoms with Crippen molar-refractivity contribution >= 4 is 60.8 Å². The van der Waals surface area contributed by atoms with Gasteiger partial charge in [-0.25, -0.2) is 13.2 Å². The zero-order chi connectivity index (χ0) is 30.0. The molecule has 9 nitrogen and oxygen atoms in total. The molecule has 1 fully saturated rings. The Bertz CT molecular complexity index is 1740. The third kappa shape index (κ3) is 6.34. The molecule has 0 saturated carbocycles. The van der Waals surface area contributed by atoms with Crippen LogP contribution in [0, 0.1) is 5.41 Å². The van der Waals surface area contributed by atoms with Crippen molar-refractivity contribution in [3.63, 3.8) is 0 Å². The number of halogens is 1. The maximum absolute atomic E-state index is 13.4. The molecule has 2 heterocycles. The summed E-state index contributed by atoms with van der Waals surface area (Å²) < 4.78 is 28.5. The predicted molar refractivity (Wildman–Crippen MR) is 164 cm³/mol. The molecule has 42 heavy (non-hydrogen) atoms. The second kappa shape index (κ2) is 12.2. The minimum Gasteiger partial charge on any atom is -0.480 e. The van der Waals surface area contributed by atoms with Crippen LogP contribution in [-0.4, -0.2) is 78.1 Å². The minimum atomic E-state index is -4.11. The van der Waals surface area contributed by atoms with Crippen LogP contribution in [0.1, 0.15) is 16.7 Å². The predicted octanol–water partition coefficient (Wildman–Crippen LogP) is 4.54. The van der Waals surface area contributed by atoms with E-state index >= 15 is 0 Å². The highest BCUT2D eigenvalue weighted by atomic mass is 35.5. The van der Waals surface area contributed by atoms with Gasteiger partial charge in [0.15, 0.2) is 0 Å². The average molecular weight is 625 g/mol. The molecular weight excluding hydrogens is 596 g/mol. The lowest BCUT2D eigenvalue weighted by Crippen LogP contribution is -2.59. The highest BCUT2D eigenvalue weighted by Gasteiger charge is 2.42. The largest absolute Gasteiger partial charge is 0.480 e. The summed E-state index contributed by atoms with van der Waals surface area (Å²) in [7, 11) is -2.25. The van der Waals surface area contributed by atoms with Gasteiger partial charge in [0.2, 0.25) is 5.91 Å². The van der Waals surface area contributed by atoms with Crippen molar-refractivity contribution in [2.75, 3.05) is 26.7 Å². The second-order valence-electron chi connectivity index (χ2n) is 10.1. The number of carboxylic acids is 1. The van der Waals surface area contributed by atoms with E-state index in [1.165, 1.54) is 16.5 Å². The summed E-state index contributed by atoms with van der Waals surface area (Å²) in [5.74, 6) is -1.54. The van der Waals surface area contributed by atoms with Crippen molar-refractivity contribution in [2.45, 2.75) is 23.2 Å². The van der Waals surface area contributed by atoms with Gasteiger partial charge < -0.3 is 14.9 Å². The Morgan fingerprint density at radius 2 is 1.79 bits per heavy atom. The number of sulfonamides is 1. The number of benzene rings is 3. The van der Waals surface area contributed by atoms with Gasteiger partial charge in [-0.3, -0.25) is 10.2 Å². The number of nitrogens with one attached hydrogen (secondary N) is 1. The van der Waals surface area contributed by atoms with Gasteiger partial charge in [0.05, 0.1) is 6.54 Å².